The molecule has 0 unspecified atom stereocenters. The van der Waals surface area contributed by atoms with Crippen LogP contribution < -0.4 is 15.3 Å². The Bertz CT molecular complexity index is 1380. The van der Waals surface area contributed by atoms with Crippen LogP contribution in [0.25, 0.3) is 0 Å². The Balaban J connectivity index is 0.000000599. The molecule has 1 aliphatic heterocycles. The van der Waals surface area contributed by atoms with Crippen LogP contribution in [0.3, 0.4) is 0 Å². The first-order valence-corrected chi connectivity index (χ1v) is 12.9. The van der Waals surface area contributed by atoms with Gasteiger partial charge in [0.1, 0.15) is 11.6 Å². The van der Waals surface area contributed by atoms with E-state index in [1.54, 1.807) is 24.3 Å². The van der Waals surface area contributed by atoms with Gasteiger partial charge in [-0.15, -0.1) is 0 Å². The number of hydrogen-bond acceptors (Lipinski definition) is 8. The van der Waals surface area contributed by atoms with Crippen molar-refractivity contribution in [2.45, 2.75) is 17.9 Å². The third kappa shape index (κ3) is 7.87. The lowest BCUT2D eigenvalue weighted by molar-refractivity contribution is -0.159. The molecule has 0 radical (unpaired) electrons. The predicted molar refractivity (Wildman–Crippen MR) is 140 cm³/mol. The lowest BCUT2D eigenvalue weighted by Crippen LogP contribution is -2.34. The van der Waals surface area contributed by atoms with E-state index >= 15 is 0 Å². The summed E-state index contributed by atoms with van der Waals surface area (Å²) in [5.41, 5.74) is 4.25. The Kier molecular flexibility index (Phi) is 9.55. The van der Waals surface area contributed by atoms with Crippen LogP contribution in [0.4, 0.5) is 0 Å². The standard InChI is InChI=1S/C24H26N4O3S.C2H2O4/c1-31-22-10-12-23(13-11-22)32(29,30)27-17-20-4-2-18(3-5-20)16-19-6-8-21(9-7-19)24-26-14-15-28(24)25;3-1(4)2(5)6/h2-13,27H,14-17,25H2,1H3;(H,3,4)(H,5,6). The molecule has 0 fully saturated rings. The van der Waals surface area contributed by atoms with Crippen LogP contribution >= 0.6 is 0 Å². The molecule has 3 aromatic rings. The lowest BCUT2D eigenvalue weighted by atomic mass is 10.0. The predicted octanol–water partition coefficient (Wildman–Crippen LogP) is 1.86. The molecule has 1 aliphatic rings. The normalized spacial score (nSPS) is 12.8. The molecule has 1 heterocycles. The van der Waals surface area contributed by atoms with Gasteiger partial charge >= 0.3 is 11.9 Å². The zero-order valence-corrected chi connectivity index (χ0v) is 21.4. The Morgan fingerprint density at radius 3 is 1.92 bits per heavy atom. The van der Waals surface area contributed by atoms with Crippen molar-refractivity contribution in [3.63, 3.8) is 0 Å². The van der Waals surface area contributed by atoms with Crippen molar-refractivity contribution in [1.82, 2.24) is 9.73 Å². The molecule has 0 amide bonds. The maximum absolute atomic E-state index is 12.5. The zero-order chi connectivity index (χ0) is 27.7. The maximum Gasteiger partial charge on any atom is 0.414 e. The van der Waals surface area contributed by atoms with Gasteiger partial charge < -0.3 is 14.9 Å². The van der Waals surface area contributed by atoms with Crippen LogP contribution in [-0.4, -0.2) is 61.6 Å². The number of amidine groups is 1. The van der Waals surface area contributed by atoms with Crippen LogP contribution in [-0.2, 0) is 32.6 Å². The number of methoxy groups -OCH3 is 1. The van der Waals surface area contributed by atoms with E-state index in [4.69, 9.17) is 30.4 Å². The Hall–Kier alpha value is -4.26. The Labute approximate surface area is 220 Å². The number of aliphatic imine (C=N–C) groups is 1. The molecule has 0 bridgehead atoms. The SMILES string of the molecule is COc1ccc(S(=O)(=O)NCc2ccc(Cc3ccc(C4=NCCN4N)cc3)cc2)cc1.O=C(O)C(=O)O. The molecule has 200 valence electrons. The van der Waals surface area contributed by atoms with E-state index in [2.05, 4.69) is 21.8 Å². The largest absolute Gasteiger partial charge is 0.497 e. The van der Waals surface area contributed by atoms with Gasteiger partial charge in [0.2, 0.25) is 10.0 Å². The summed E-state index contributed by atoms with van der Waals surface area (Å²) in [5, 5.41) is 16.5. The summed E-state index contributed by atoms with van der Waals surface area (Å²) >= 11 is 0. The van der Waals surface area contributed by atoms with Gasteiger partial charge in [0, 0.05) is 12.1 Å². The minimum Gasteiger partial charge on any atom is -0.497 e. The van der Waals surface area contributed by atoms with Gasteiger partial charge in [-0.25, -0.2) is 28.6 Å². The average Bonchev–Trinajstić information content (AvgIpc) is 3.35. The second-order valence-electron chi connectivity index (χ2n) is 8.20. The number of carboxylic acid groups (broad SMARTS) is 2. The maximum atomic E-state index is 12.5. The van der Waals surface area contributed by atoms with E-state index in [1.807, 2.05) is 36.4 Å². The van der Waals surface area contributed by atoms with Crippen molar-refractivity contribution in [2.24, 2.45) is 10.8 Å². The summed E-state index contributed by atoms with van der Waals surface area (Å²) in [6.45, 7) is 1.71. The molecule has 0 aliphatic carbocycles. The second kappa shape index (κ2) is 12.8. The first-order chi connectivity index (χ1) is 18.1. The lowest BCUT2D eigenvalue weighted by Gasteiger charge is -2.13. The van der Waals surface area contributed by atoms with Crippen molar-refractivity contribution in [1.29, 1.82) is 0 Å². The number of hydrogen-bond donors (Lipinski definition) is 4. The van der Waals surface area contributed by atoms with Crippen LogP contribution in [0, 0.1) is 0 Å². The molecule has 0 aromatic heterocycles. The van der Waals surface area contributed by atoms with E-state index in [0.29, 0.717) is 5.75 Å². The molecule has 3 aromatic carbocycles. The molecule has 0 saturated carbocycles. The van der Waals surface area contributed by atoms with Crippen molar-refractivity contribution >= 4 is 27.8 Å². The van der Waals surface area contributed by atoms with Crippen molar-refractivity contribution in [3.8, 4) is 5.75 Å². The number of sulfonamides is 1. The molecular weight excluding hydrogens is 512 g/mol. The second-order valence-corrected chi connectivity index (χ2v) is 9.97. The molecule has 5 N–H and O–H groups in total. The number of nitrogens with one attached hydrogen (secondary N) is 1. The van der Waals surface area contributed by atoms with E-state index in [1.165, 1.54) is 17.7 Å². The number of rotatable bonds is 8. The van der Waals surface area contributed by atoms with Crippen molar-refractivity contribution in [2.75, 3.05) is 20.2 Å². The summed E-state index contributed by atoms with van der Waals surface area (Å²) in [6.07, 6.45) is 0.789. The number of nitrogens with two attached hydrogens (primary N) is 1. The summed E-state index contributed by atoms with van der Waals surface area (Å²) in [7, 11) is -2.04. The van der Waals surface area contributed by atoms with E-state index in [9.17, 15) is 8.42 Å². The highest BCUT2D eigenvalue weighted by Gasteiger charge is 2.15. The fourth-order valence-corrected chi connectivity index (χ4v) is 4.53. The summed E-state index contributed by atoms with van der Waals surface area (Å²) in [6, 6.07) is 22.5. The van der Waals surface area contributed by atoms with E-state index < -0.39 is 22.0 Å². The number of hydrazine groups is 1. The van der Waals surface area contributed by atoms with Crippen LogP contribution in [0.15, 0.2) is 82.7 Å². The molecule has 0 atom stereocenters. The summed E-state index contributed by atoms with van der Waals surface area (Å²) in [4.78, 5) is 22.8. The molecule has 12 heteroatoms. The number of benzene rings is 3. The van der Waals surface area contributed by atoms with Gasteiger partial charge in [0.15, 0.2) is 0 Å². The highest BCUT2D eigenvalue weighted by atomic mass is 32.2. The topological polar surface area (TPSA) is 172 Å². The van der Waals surface area contributed by atoms with Gasteiger partial charge in [-0.3, -0.25) is 10.0 Å². The first-order valence-electron chi connectivity index (χ1n) is 11.4. The summed E-state index contributed by atoms with van der Waals surface area (Å²) in [5.74, 6) is 3.73. The fraction of sp³-hybridized carbons (Fsp3) is 0.192. The Morgan fingerprint density at radius 1 is 0.921 bits per heavy atom. The number of nitrogens with zero attached hydrogens (tertiary/aromatic N) is 2. The molecule has 4 rings (SSSR count). The van der Waals surface area contributed by atoms with Gasteiger partial charge in [0.05, 0.1) is 25.1 Å². The third-order valence-electron chi connectivity index (χ3n) is 5.54. The van der Waals surface area contributed by atoms with E-state index in [0.717, 1.165) is 42.0 Å². The van der Waals surface area contributed by atoms with Crippen molar-refractivity contribution < 1.29 is 33.0 Å². The van der Waals surface area contributed by atoms with Gasteiger partial charge in [-0.1, -0.05) is 48.5 Å². The minimum absolute atomic E-state index is 0.208. The number of carboxylic acids is 2. The average molecular weight is 541 g/mol. The number of aliphatic carboxylic acids is 2. The van der Waals surface area contributed by atoms with Gasteiger partial charge in [-0.2, -0.15) is 0 Å². The molecule has 0 saturated heterocycles. The minimum atomic E-state index is -3.58. The highest BCUT2D eigenvalue weighted by molar-refractivity contribution is 7.89. The fourth-order valence-electron chi connectivity index (χ4n) is 3.52. The smallest absolute Gasteiger partial charge is 0.414 e. The first kappa shape index (κ1) is 28.3. The third-order valence-corrected chi connectivity index (χ3v) is 6.95. The monoisotopic (exact) mass is 540 g/mol. The highest BCUT2D eigenvalue weighted by Crippen LogP contribution is 2.17. The summed E-state index contributed by atoms with van der Waals surface area (Å²) < 4.78 is 32.7. The van der Waals surface area contributed by atoms with Gasteiger partial charge in [0.25, 0.3) is 0 Å². The number of ether oxygens (including phenoxy) is 1. The van der Waals surface area contributed by atoms with Crippen molar-refractivity contribution in [3.05, 3.63) is 95.1 Å². The quantitative estimate of drug-likeness (QED) is 0.246. The zero-order valence-electron chi connectivity index (χ0n) is 20.6. The van der Waals surface area contributed by atoms with Crippen LogP contribution in [0.2, 0.25) is 0 Å². The number of carbonyl (C=O) groups is 2. The van der Waals surface area contributed by atoms with Crippen LogP contribution in [0.1, 0.15) is 22.3 Å². The molecule has 38 heavy (non-hydrogen) atoms. The van der Waals surface area contributed by atoms with Crippen LogP contribution in [0.5, 0.6) is 5.75 Å². The molecular formula is C26H28N4O7S. The molecule has 11 nitrogen and oxygen atoms in total. The van der Waals surface area contributed by atoms with E-state index in [-0.39, 0.29) is 11.4 Å². The Morgan fingerprint density at radius 2 is 1.45 bits per heavy atom. The van der Waals surface area contributed by atoms with Gasteiger partial charge in [-0.05, 0) is 47.4 Å². The molecule has 0 spiro atoms.